The van der Waals surface area contributed by atoms with Crippen LogP contribution in [0.3, 0.4) is 0 Å². The molecule has 0 radical (unpaired) electrons. The van der Waals surface area contributed by atoms with Gasteiger partial charge in [-0.05, 0) is 12.1 Å². The Morgan fingerprint density at radius 3 is 2.78 bits per heavy atom. The normalized spacial score (nSPS) is 8.44. The van der Waals surface area contributed by atoms with E-state index in [0.29, 0.717) is 5.15 Å². The van der Waals surface area contributed by atoms with Crippen LogP contribution in [0.1, 0.15) is 5.56 Å². The molecular formula is C7H4ClN. The maximum atomic E-state index is 5.49. The monoisotopic (exact) mass is 137 g/mol. The Bertz CT molecular complexity index is 232. The second-order valence-corrected chi connectivity index (χ2v) is 1.90. The largest absolute Gasteiger partial charge is 0.243 e. The molecule has 0 bridgehead atoms. The minimum absolute atomic E-state index is 0.467. The Morgan fingerprint density at radius 1 is 1.56 bits per heavy atom. The minimum atomic E-state index is 0.467. The predicted octanol–water partition coefficient (Wildman–Crippen LogP) is 1.72. The van der Waals surface area contributed by atoms with Crippen LogP contribution in [-0.4, -0.2) is 4.98 Å². The van der Waals surface area contributed by atoms with Crippen LogP contribution in [0.4, 0.5) is 0 Å². The first-order valence-electron chi connectivity index (χ1n) is 2.41. The Hall–Kier alpha value is -1.00. The number of aromatic nitrogens is 1. The second-order valence-electron chi connectivity index (χ2n) is 1.51. The maximum Gasteiger partial charge on any atom is 0.129 e. The number of rotatable bonds is 0. The van der Waals surface area contributed by atoms with Gasteiger partial charge in [-0.1, -0.05) is 17.5 Å². The van der Waals surface area contributed by atoms with Gasteiger partial charge in [0.2, 0.25) is 0 Å². The van der Waals surface area contributed by atoms with Crippen molar-refractivity contribution in [3.8, 4) is 12.3 Å². The highest BCUT2D eigenvalue weighted by Crippen LogP contribution is 2.02. The van der Waals surface area contributed by atoms with Gasteiger partial charge in [-0.25, -0.2) is 4.98 Å². The van der Waals surface area contributed by atoms with Crippen LogP contribution in [0.5, 0.6) is 0 Å². The Balaban J connectivity index is 3.06. The minimum Gasteiger partial charge on any atom is -0.243 e. The molecule has 0 aromatic carbocycles. The molecule has 1 heterocycles. The van der Waals surface area contributed by atoms with Crippen LogP contribution >= 0.6 is 11.6 Å². The highest BCUT2D eigenvalue weighted by atomic mass is 35.5. The van der Waals surface area contributed by atoms with Gasteiger partial charge in [0.25, 0.3) is 0 Å². The van der Waals surface area contributed by atoms with Crippen molar-refractivity contribution in [1.29, 1.82) is 0 Å². The van der Waals surface area contributed by atoms with Gasteiger partial charge in [-0.2, -0.15) is 0 Å². The van der Waals surface area contributed by atoms with E-state index in [4.69, 9.17) is 18.0 Å². The first-order valence-corrected chi connectivity index (χ1v) is 2.79. The molecule has 1 rings (SSSR count). The Labute approximate surface area is 58.7 Å². The fourth-order valence-corrected chi connectivity index (χ4v) is 0.573. The van der Waals surface area contributed by atoms with Crippen LogP contribution in [0.25, 0.3) is 0 Å². The smallest absolute Gasteiger partial charge is 0.129 e. The number of hydrogen-bond acceptors (Lipinski definition) is 1. The maximum absolute atomic E-state index is 5.49. The van der Waals surface area contributed by atoms with E-state index in [0.717, 1.165) is 5.56 Å². The fraction of sp³-hybridized carbons (Fsp3) is 0. The highest BCUT2D eigenvalue weighted by Gasteiger charge is 1.86. The molecule has 0 aliphatic heterocycles. The van der Waals surface area contributed by atoms with E-state index >= 15 is 0 Å². The molecule has 1 aromatic rings. The van der Waals surface area contributed by atoms with Gasteiger partial charge < -0.3 is 0 Å². The summed E-state index contributed by atoms with van der Waals surface area (Å²) in [7, 11) is 0. The van der Waals surface area contributed by atoms with E-state index in [9.17, 15) is 0 Å². The lowest BCUT2D eigenvalue weighted by molar-refractivity contribution is 1.31. The molecule has 0 aliphatic rings. The average Bonchev–Trinajstić information content (AvgIpc) is 1.90. The number of terminal acetylenes is 1. The number of hydrogen-bond donors (Lipinski definition) is 0. The number of halogens is 1. The molecule has 0 N–H and O–H groups in total. The molecule has 0 atom stereocenters. The highest BCUT2D eigenvalue weighted by molar-refractivity contribution is 6.29. The van der Waals surface area contributed by atoms with Gasteiger partial charge in [0.05, 0.1) is 0 Å². The van der Waals surface area contributed by atoms with Crippen LogP contribution in [-0.2, 0) is 0 Å². The first kappa shape index (κ1) is 6.12. The third kappa shape index (κ3) is 1.45. The van der Waals surface area contributed by atoms with Gasteiger partial charge in [0.15, 0.2) is 0 Å². The van der Waals surface area contributed by atoms with Crippen molar-refractivity contribution < 1.29 is 0 Å². The van der Waals surface area contributed by atoms with Gasteiger partial charge in [-0.3, -0.25) is 0 Å². The summed E-state index contributed by atoms with van der Waals surface area (Å²) in [6.07, 6.45) is 6.62. The Morgan fingerprint density at radius 2 is 2.33 bits per heavy atom. The lowest BCUT2D eigenvalue weighted by atomic mass is 10.3. The van der Waals surface area contributed by atoms with Crippen LogP contribution in [0, 0.1) is 12.3 Å². The summed E-state index contributed by atoms with van der Waals surface area (Å²) in [6, 6.07) is 3.41. The van der Waals surface area contributed by atoms with E-state index in [1.807, 2.05) is 0 Å². The molecule has 2 heteroatoms. The van der Waals surface area contributed by atoms with Crippen molar-refractivity contribution in [3.05, 3.63) is 29.0 Å². The zero-order chi connectivity index (χ0) is 6.69. The summed E-state index contributed by atoms with van der Waals surface area (Å²) in [5.41, 5.74) is 0.749. The van der Waals surface area contributed by atoms with Crippen molar-refractivity contribution >= 4 is 11.6 Å². The van der Waals surface area contributed by atoms with Crippen LogP contribution in [0.2, 0.25) is 5.15 Å². The number of nitrogens with zero attached hydrogens (tertiary/aromatic N) is 1. The van der Waals surface area contributed by atoms with Crippen LogP contribution < -0.4 is 0 Å². The Kier molecular flexibility index (Phi) is 1.72. The zero-order valence-electron chi connectivity index (χ0n) is 4.63. The standard InChI is InChI=1S/C7H4ClN/c1-2-6-3-4-7(8)9-5-6/h1,3-5H. The fourth-order valence-electron chi connectivity index (χ4n) is 0.461. The van der Waals surface area contributed by atoms with E-state index in [-0.39, 0.29) is 0 Å². The van der Waals surface area contributed by atoms with Gasteiger partial charge in [-0.15, -0.1) is 6.42 Å². The van der Waals surface area contributed by atoms with Gasteiger partial charge in [0.1, 0.15) is 5.15 Å². The molecule has 0 saturated heterocycles. The summed E-state index contributed by atoms with van der Waals surface area (Å²) in [6.45, 7) is 0. The molecular weight excluding hydrogens is 134 g/mol. The van der Waals surface area contributed by atoms with E-state index in [1.54, 1.807) is 18.3 Å². The van der Waals surface area contributed by atoms with Crippen LogP contribution in [0.15, 0.2) is 18.3 Å². The molecule has 0 aliphatic carbocycles. The lowest BCUT2D eigenvalue weighted by Gasteiger charge is -1.87. The van der Waals surface area contributed by atoms with E-state index in [2.05, 4.69) is 10.9 Å². The van der Waals surface area contributed by atoms with Gasteiger partial charge in [0, 0.05) is 11.8 Å². The lowest BCUT2D eigenvalue weighted by Crippen LogP contribution is -1.75. The second kappa shape index (κ2) is 2.52. The molecule has 0 unspecified atom stereocenters. The molecule has 1 nitrogen and oxygen atoms in total. The molecule has 0 amide bonds. The molecule has 0 fully saturated rings. The van der Waals surface area contributed by atoms with Crippen molar-refractivity contribution in [3.63, 3.8) is 0 Å². The molecule has 9 heavy (non-hydrogen) atoms. The van der Waals surface area contributed by atoms with Gasteiger partial charge >= 0.3 is 0 Å². The van der Waals surface area contributed by atoms with Crippen molar-refractivity contribution in [2.45, 2.75) is 0 Å². The summed E-state index contributed by atoms with van der Waals surface area (Å²) in [5.74, 6) is 2.43. The third-order valence-corrected chi connectivity index (χ3v) is 1.12. The van der Waals surface area contributed by atoms with Crippen molar-refractivity contribution in [2.24, 2.45) is 0 Å². The average molecular weight is 138 g/mol. The summed E-state index contributed by atoms with van der Waals surface area (Å²) in [4.78, 5) is 3.77. The SMILES string of the molecule is C#Cc1ccc(Cl)nc1. The number of pyridine rings is 1. The van der Waals surface area contributed by atoms with E-state index < -0.39 is 0 Å². The van der Waals surface area contributed by atoms with Crippen molar-refractivity contribution in [1.82, 2.24) is 4.98 Å². The van der Waals surface area contributed by atoms with E-state index in [1.165, 1.54) is 0 Å². The molecule has 0 spiro atoms. The topological polar surface area (TPSA) is 12.9 Å². The molecule has 1 aromatic heterocycles. The molecule has 44 valence electrons. The quantitative estimate of drug-likeness (QED) is 0.392. The summed E-state index contributed by atoms with van der Waals surface area (Å²) >= 11 is 5.49. The zero-order valence-corrected chi connectivity index (χ0v) is 5.39. The first-order chi connectivity index (χ1) is 4.33. The van der Waals surface area contributed by atoms with Crippen molar-refractivity contribution in [2.75, 3.05) is 0 Å². The summed E-state index contributed by atoms with van der Waals surface area (Å²) in [5, 5.41) is 0.467. The predicted molar refractivity (Wildman–Crippen MR) is 37.2 cm³/mol. The third-order valence-electron chi connectivity index (χ3n) is 0.894. The molecule has 0 saturated carbocycles. The summed E-state index contributed by atoms with van der Waals surface area (Å²) < 4.78 is 0.